The van der Waals surface area contributed by atoms with E-state index in [1.54, 1.807) is 0 Å². The number of hydrogen-bond donors (Lipinski definition) is 0. The maximum atomic E-state index is 11.6. The number of esters is 1. The number of allylic oxidation sites excluding steroid dienone is 3. The fourth-order valence-electron chi connectivity index (χ4n) is 8.33. The molecule has 4 aliphatic carbocycles. The number of ether oxygens (including phenoxy) is 1. The van der Waals surface area contributed by atoms with E-state index in [1.807, 2.05) is 0 Å². The highest BCUT2D eigenvalue weighted by molar-refractivity contribution is 5.66. The molecule has 0 amide bonds. The van der Waals surface area contributed by atoms with Crippen molar-refractivity contribution in [1.82, 2.24) is 0 Å². The molecule has 2 aliphatic heterocycles. The van der Waals surface area contributed by atoms with Crippen molar-refractivity contribution in [2.75, 3.05) is 0 Å². The van der Waals surface area contributed by atoms with Crippen molar-refractivity contribution in [3.8, 4) is 0 Å². The van der Waals surface area contributed by atoms with Crippen LogP contribution in [0.15, 0.2) is 36.0 Å². The second kappa shape index (κ2) is 8.06. The quantitative estimate of drug-likeness (QED) is 0.248. The Balaban J connectivity index is 1.45. The monoisotopic (exact) mass is 468 g/mol. The number of rotatable bonds is 5. The minimum atomic E-state index is -0.548. The van der Waals surface area contributed by atoms with Gasteiger partial charge in [0.1, 0.15) is 17.3 Å². The van der Waals surface area contributed by atoms with Crippen LogP contribution in [0.1, 0.15) is 87.0 Å². The van der Waals surface area contributed by atoms with Crippen LogP contribution in [0.2, 0.25) is 0 Å². The average Bonchev–Trinajstić information content (AvgIpc) is 3.14. The Kier molecular flexibility index (Phi) is 5.76. The third-order valence-electron chi connectivity index (χ3n) is 10.8. The maximum absolute atomic E-state index is 11.6. The molecule has 6 aliphatic rings. The molecule has 188 valence electrons. The van der Waals surface area contributed by atoms with E-state index < -0.39 is 11.2 Å². The third kappa shape index (κ3) is 3.27. The van der Waals surface area contributed by atoms with Crippen LogP contribution in [0.25, 0.3) is 0 Å². The summed E-state index contributed by atoms with van der Waals surface area (Å²) in [6.45, 7) is 15.7. The first-order valence-electron chi connectivity index (χ1n) is 13.6. The van der Waals surface area contributed by atoms with Crippen LogP contribution in [0.3, 0.4) is 0 Å². The highest BCUT2D eigenvalue weighted by Crippen LogP contribution is 2.71. The molecule has 0 N–H and O–H groups in total. The van der Waals surface area contributed by atoms with Gasteiger partial charge >= 0.3 is 5.97 Å². The van der Waals surface area contributed by atoms with Crippen LogP contribution in [0.5, 0.6) is 0 Å². The lowest BCUT2D eigenvalue weighted by molar-refractivity contribution is -0.455. The molecule has 6 rings (SSSR count). The zero-order chi connectivity index (χ0) is 24.5. The Labute approximate surface area is 206 Å². The molecule has 2 heterocycles. The van der Waals surface area contributed by atoms with Crippen molar-refractivity contribution in [2.24, 2.45) is 40.4 Å². The molecule has 2 saturated carbocycles. The van der Waals surface area contributed by atoms with E-state index in [-0.39, 0.29) is 22.9 Å². The highest BCUT2D eigenvalue weighted by Gasteiger charge is 2.72. The third-order valence-corrected chi connectivity index (χ3v) is 10.8. The number of fused-ring (bicyclic) bond motifs is 2. The van der Waals surface area contributed by atoms with E-state index in [0.717, 1.165) is 19.3 Å². The van der Waals surface area contributed by atoms with E-state index >= 15 is 0 Å². The average molecular weight is 469 g/mol. The summed E-state index contributed by atoms with van der Waals surface area (Å²) >= 11 is 0. The molecule has 1 saturated heterocycles. The van der Waals surface area contributed by atoms with Gasteiger partial charge in [0.15, 0.2) is 0 Å². The predicted octanol–water partition coefficient (Wildman–Crippen LogP) is 6.96. The molecule has 0 aromatic rings. The van der Waals surface area contributed by atoms with Gasteiger partial charge in [-0.3, -0.25) is 4.79 Å². The topological polar surface area (TPSA) is 44.8 Å². The van der Waals surface area contributed by atoms with E-state index in [9.17, 15) is 4.79 Å². The Bertz CT molecular complexity index is 932. The lowest BCUT2D eigenvalue weighted by Gasteiger charge is -2.66. The fourth-order valence-corrected chi connectivity index (χ4v) is 8.33. The Hall–Kier alpha value is -1.39. The van der Waals surface area contributed by atoms with Crippen molar-refractivity contribution >= 4 is 5.97 Å². The molecule has 2 spiro atoms. The SMILES string of the molecule is CC(=O)OC1CCC2(C)C3=CCC4(C)C(C(C)/C=C/C(C)C(C)C)CCC4[C@@]34C=C[C@]2(C1)OO4. The second-order valence-electron chi connectivity index (χ2n) is 12.9. The number of hydrogen-bond acceptors (Lipinski definition) is 4. The molecule has 3 fully saturated rings. The van der Waals surface area contributed by atoms with Crippen molar-refractivity contribution in [3.05, 3.63) is 36.0 Å². The largest absolute Gasteiger partial charge is 0.462 e. The summed E-state index contributed by atoms with van der Waals surface area (Å²) in [6, 6.07) is 0. The molecule has 9 atom stereocenters. The first-order chi connectivity index (χ1) is 16.0. The van der Waals surface area contributed by atoms with E-state index in [0.29, 0.717) is 36.0 Å². The lowest BCUT2D eigenvalue weighted by Crippen LogP contribution is -2.69. The minimum Gasteiger partial charge on any atom is -0.462 e. The Morgan fingerprint density at radius 3 is 2.50 bits per heavy atom. The van der Waals surface area contributed by atoms with Gasteiger partial charge in [0, 0.05) is 24.7 Å². The Morgan fingerprint density at radius 2 is 1.85 bits per heavy atom. The molecule has 0 aromatic carbocycles. The normalized spacial score (nSPS) is 46.6. The van der Waals surface area contributed by atoms with Crippen molar-refractivity contribution in [3.63, 3.8) is 0 Å². The molecule has 0 aromatic heterocycles. The van der Waals surface area contributed by atoms with Crippen LogP contribution in [-0.4, -0.2) is 23.3 Å². The van der Waals surface area contributed by atoms with Crippen LogP contribution in [0, 0.1) is 40.4 Å². The number of carbonyl (C=O) groups excluding carboxylic acids is 1. The molecule has 0 radical (unpaired) electrons. The van der Waals surface area contributed by atoms with Gasteiger partial charge in [-0.2, -0.15) is 0 Å². The standard InChI is InChI=1S/C30H44O4/c1-19(2)20(3)8-9-21(4)24-10-11-25-27(24,6)14-13-26-28(7)15-12-23(32-22(5)31)18-29(28)16-17-30(25,26)34-33-29/h8-9,13,16-17,19-21,23-25H,10-12,14-15,18H2,1-7H3/b9-8+/t20?,21?,23?,24?,25?,27?,28?,29-,30+/m1/s1. The zero-order valence-corrected chi connectivity index (χ0v) is 22.2. The predicted molar refractivity (Wildman–Crippen MR) is 134 cm³/mol. The van der Waals surface area contributed by atoms with Crippen molar-refractivity contribution in [2.45, 2.75) is 104 Å². The zero-order valence-electron chi connectivity index (χ0n) is 22.2. The van der Waals surface area contributed by atoms with Gasteiger partial charge in [-0.15, -0.1) is 0 Å². The highest BCUT2D eigenvalue weighted by atomic mass is 17.2. The van der Waals surface area contributed by atoms with Gasteiger partial charge < -0.3 is 4.74 Å². The molecule has 4 heteroatoms. The van der Waals surface area contributed by atoms with E-state index in [2.05, 4.69) is 71.9 Å². The summed E-state index contributed by atoms with van der Waals surface area (Å²) in [5, 5.41) is 0. The summed E-state index contributed by atoms with van der Waals surface area (Å²) < 4.78 is 5.61. The van der Waals surface area contributed by atoms with Crippen LogP contribution >= 0.6 is 0 Å². The molecule has 2 bridgehead atoms. The summed E-state index contributed by atoms with van der Waals surface area (Å²) in [5.41, 5.74) is 0.489. The fraction of sp³-hybridized carbons (Fsp3) is 0.767. The first kappa shape index (κ1) is 24.3. The van der Waals surface area contributed by atoms with Gasteiger partial charge in [0.05, 0.1) is 0 Å². The van der Waals surface area contributed by atoms with Crippen molar-refractivity contribution < 1.29 is 19.3 Å². The molecule has 34 heavy (non-hydrogen) atoms. The van der Waals surface area contributed by atoms with E-state index in [4.69, 9.17) is 14.5 Å². The van der Waals surface area contributed by atoms with E-state index in [1.165, 1.54) is 25.3 Å². The summed E-state index contributed by atoms with van der Waals surface area (Å²) in [5.74, 6) is 2.67. The first-order valence-corrected chi connectivity index (χ1v) is 13.6. The lowest BCUT2D eigenvalue weighted by atomic mass is 9.46. The minimum absolute atomic E-state index is 0.115. The van der Waals surface area contributed by atoms with Crippen molar-refractivity contribution in [1.29, 1.82) is 0 Å². The molecule has 4 nitrogen and oxygen atoms in total. The van der Waals surface area contributed by atoms with Crippen LogP contribution in [0.4, 0.5) is 0 Å². The van der Waals surface area contributed by atoms with Gasteiger partial charge in [0.25, 0.3) is 0 Å². The number of carbonyl (C=O) groups is 1. The smallest absolute Gasteiger partial charge is 0.302 e. The molecular formula is C30H44O4. The van der Waals surface area contributed by atoms with Gasteiger partial charge in [-0.25, -0.2) is 9.78 Å². The van der Waals surface area contributed by atoms with Gasteiger partial charge in [-0.1, -0.05) is 59.8 Å². The molecule has 7 unspecified atom stereocenters. The summed E-state index contributed by atoms with van der Waals surface area (Å²) in [6.07, 6.45) is 17.9. The molecular weight excluding hydrogens is 424 g/mol. The Morgan fingerprint density at radius 1 is 1.09 bits per heavy atom. The summed E-state index contributed by atoms with van der Waals surface area (Å²) in [4.78, 5) is 24.5. The summed E-state index contributed by atoms with van der Waals surface area (Å²) in [7, 11) is 0. The van der Waals surface area contributed by atoms with Gasteiger partial charge in [0.2, 0.25) is 0 Å². The van der Waals surface area contributed by atoms with Crippen LogP contribution < -0.4 is 0 Å². The van der Waals surface area contributed by atoms with Crippen LogP contribution in [-0.2, 0) is 19.3 Å². The van der Waals surface area contributed by atoms with Gasteiger partial charge in [-0.05, 0) is 78.9 Å². The second-order valence-corrected chi connectivity index (χ2v) is 12.9. The maximum Gasteiger partial charge on any atom is 0.302 e.